The lowest BCUT2D eigenvalue weighted by Crippen LogP contribution is -2.23. The van der Waals surface area contributed by atoms with Gasteiger partial charge in [-0.2, -0.15) is 0 Å². The first kappa shape index (κ1) is 17.2. The standard InChI is InChI=1S/C20H18N4O2S/c1-2-27-18-8-7-15(19(25)22-13-14-5-3-9-21-12-14)11-16(18)23-20(26)17-6-4-10-24(17)27/h2-12H,13H2,1H3,(H,22,25)(H,23,26). The molecule has 7 heteroatoms. The number of hydrogen-bond acceptors (Lipinski definition) is 3. The fourth-order valence-electron chi connectivity index (χ4n) is 2.98. The second-order valence-corrected chi connectivity index (χ2v) is 7.91. The van der Waals surface area contributed by atoms with E-state index in [1.165, 1.54) is 0 Å². The van der Waals surface area contributed by atoms with E-state index in [9.17, 15) is 9.59 Å². The molecule has 1 atom stereocenters. The summed E-state index contributed by atoms with van der Waals surface area (Å²) in [5, 5.41) is 7.88. The van der Waals surface area contributed by atoms with Crippen LogP contribution in [0, 0.1) is 0 Å². The van der Waals surface area contributed by atoms with Crippen molar-refractivity contribution >= 4 is 33.5 Å². The summed E-state index contributed by atoms with van der Waals surface area (Å²) in [6, 6.07) is 12.8. The second kappa shape index (κ2) is 7.20. The van der Waals surface area contributed by atoms with Gasteiger partial charge in [0.2, 0.25) is 0 Å². The maximum atomic E-state index is 12.5. The summed E-state index contributed by atoms with van der Waals surface area (Å²) >= 11 is 0. The maximum absolute atomic E-state index is 12.5. The van der Waals surface area contributed by atoms with E-state index in [-0.39, 0.29) is 11.8 Å². The van der Waals surface area contributed by atoms with Crippen LogP contribution in [0.1, 0.15) is 33.3 Å². The molecule has 136 valence electrons. The fourth-order valence-corrected chi connectivity index (χ4v) is 4.78. The number of rotatable bonds is 3. The van der Waals surface area contributed by atoms with Gasteiger partial charge >= 0.3 is 0 Å². The summed E-state index contributed by atoms with van der Waals surface area (Å²) < 4.78 is 1.96. The Morgan fingerprint density at radius 3 is 2.96 bits per heavy atom. The maximum Gasteiger partial charge on any atom is 0.273 e. The average molecular weight is 378 g/mol. The Hall–Kier alpha value is -3.19. The number of benzene rings is 1. The second-order valence-electron chi connectivity index (χ2n) is 5.98. The Labute approximate surface area is 159 Å². The monoisotopic (exact) mass is 378 g/mol. The van der Waals surface area contributed by atoms with Gasteiger partial charge in [-0.1, -0.05) is 16.7 Å². The van der Waals surface area contributed by atoms with Crippen molar-refractivity contribution in [2.45, 2.75) is 18.4 Å². The van der Waals surface area contributed by atoms with Gasteiger partial charge in [0.1, 0.15) is 5.69 Å². The molecule has 0 spiro atoms. The zero-order valence-electron chi connectivity index (χ0n) is 14.7. The van der Waals surface area contributed by atoms with Gasteiger partial charge in [-0.3, -0.25) is 18.5 Å². The number of carbonyl (C=O) groups is 2. The van der Waals surface area contributed by atoms with E-state index in [4.69, 9.17) is 0 Å². The van der Waals surface area contributed by atoms with Gasteiger partial charge in [0.15, 0.2) is 0 Å². The SMILES string of the molecule is C/C=S1/c2ccc(C(=O)NCc3cccnc3)cc2NC(=O)c2cccn21. The minimum atomic E-state index is -0.395. The molecule has 0 aliphatic carbocycles. The van der Waals surface area contributed by atoms with Gasteiger partial charge in [-0.15, -0.1) is 0 Å². The van der Waals surface area contributed by atoms with E-state index in [1.54, 1.807) is 30.6 Å². The largest absolute Gasteiger partial charge is 0.348 e. The third-order valence-electron chi connectivity index (χ3n) is 4.27. The van der Waals surface area contributed by atoms with Crippen LogP contribution >= 0.6 is 10.7 Å². The van der Waals surface area contributed by atoms with Crippen LogP contribution in [0.4, 0.5) is 5.69 Å². The highest BCUT2D eigenvalue weighted by molar-refractivity contribution is 8.13. The summed E-state index contributed by atoms with van der Waals surface area (Å²) in [5.74, 6) is -0.369. The summed E-state index contributed by atoms with van der Waals surface area (Å²) in [6.07, 6.45) is 5.31. The van der Waals surface area contributed by atoms with Crippen LogP contribution in [-0.4, -0.2) is 26.1 Å². The van der Waals surface area contributed by atoms with E-state index < -0.39 is 10.7 Å². The summed E-state index contributed by atoms with van der Waals surface area (Å²) in [4.78, 5) is 30.1. The van der Waals surface area contributed by atoms with Gasteiger partial charge in [-0.25, -0.2) is 0 Å². The normalized spacial score (nSPS) is 15.4. The van der Waals surface area contributed by atoms with Gasteiger partial charge in [0, 0.05) is 35.6 Å². The van der Waals surface area contributed by atoms with Gasteiger partial charge in [-0.05, 0) is 54.3 Å². The van der Waals surface area contributed by atoms with Crippen LogP contribution in [0.15, 0.2) is 66.0 Å². The molecular weight excluding hydrogens is 360 g/mol. The Kier molecular flexibility index (Phi) is 4.60. The quantitative estimate of drug-likeness (QED) is 0.687. The summed E-state index contributed by atoms with van der Waals surface area (Å²) in [7, 11) is -0.395. The Balaban J connectivity index is 1.62. The van der Waals surface area contributed by atoms with Crippen molar-refractivity contribution in [2.24, 2.45) is 0 Å². The molecule has 0 fully saturated rings. The molecule has 0 saturated heterocycles. The zero-order chi connectivity index (χ0) is 18.8. The first-order valence-corrected chi connectivity index (χ1v) is 9.75. The first-order chi connectivity index (χ1) is 13.2. The molecular formula is C20H18N4O2S. The van der Waals surface area contributed by atoms with Crippen molar-refractivity contribution in [2.75, 3.05) is 5.32 Å². The van der Waals surface area contributed by atoms with Gasteiger partial charge < -0.3 is 10.6 Å². The van der Waals surface area contributed by atoms with Crippen molar-refractivity contribution in [1.29, 1.82) is 0 Å². The van der Waals surface area contributed by atoms with Gasteiger partial charge in [0.05, 0.1) is 5.69 Å². The smallest absolute Gasteiger partial charge is 0.273 e. The fraction of sp³-hybridized carbons (Fsp3) is 0.100. The third-order valence-corrected chi connectivity index (χ3v) is 6.27. The molecule has 2 N–H and O–H groups in total. The molecule has 1 aliphatic heterocycles. The number of fused-ring (bicyclic) bond motifs is 2. The minimum absolute atomic E-state index is 0.175. The molecule has 4 rings (SSSR count). The number of carbonyl (C=O) groups excluding carboxylic acids is 2. The number of nitrogens with one attached hydrogen (secondary N) is 2. The number of hydrogen-bond donors (Lipinski definition) is 2. The van der Waals surface area contributed by atoms with Crippen LogP contribution in [0.5, 0.6) is 0 Å². The van der Waals surface area contributed by atoms with E-state index in [0.717, 1.165) is 10.5 Å². The van der Waals surface area contributed by atoms with Crippen LogP contribution in [0.2, 0.25) is 0 Å². The van der Waals surface area contributed by atoms with Crippen molar-refractivity contribution in [3.05, 3.63) is 77.9 Å². The van der Waals surface area contributed by atoms with E-state index in [1.807, 2.05) is 41.4 Å². The van der Waals surface area contributed by atoms with Crippen molar-refractivity contribution in [1.82, 2.24) is 14.3 Å². The van der Waals surface area contributed by atoms with Crippen LogP contribution in [0.3, 0.4) is 0 Å². The molecule has 1 aliphatic rings. The molecule has 0 radical (unpaired) electrons. The number of aromatic nitrogens is 2. The number of anilines is 1. The molecule has 0 saturated carbocycles. The number of pyridine rings is 1. The van der Waals surface area contributed by atoms with E-state index >= 15 is 0 Å². The molecule has 27 heavy (non-hydrogen) atoms. The molecule has 1 unspecified atom stereocenters. The van der Waals surface area contributed by atoms with Crippen molar-refractivity contribution < 1.29 is 9.59 Å². The lowest BCUT2D eigenvalue weighted by molar-refractivity contribution is 0.0949. The van der Waals surface area contributed by atoms with Crippen LogP contribution in [0.25, 0.3) is 0 Å². The van der Waals surface area contributed by atoms with E-state index in [2.05, 4.69) is 21.0 Å². The Morgan fingerprint density at radius 2 is 2.19 bits per heavy atom. The first-order valence-electron chi connectivity index (χ1n) is 8.50. The highest BCUT2D eigenvalue weighted by Gasteiger charge is 2.22. The minimum Gasteiger partial charge on any atom is -0.348 e. The molecule has 1 aromatic carbocycles. The van der Waals surface area contributed by atoms with Crippen molar-refractivity contribution in [3.63, 3.8) is 0 Å². The predicted molar refractivity (Wildman–Crippen MR) is 107 cm³/mol. The highest BCUT2D eigenvalue weighted by Crippen LogP contribution is 2.38. The summed E-state index contributed by atoms with van der Waals surface area (Å²) in [6.45, 7) is 2.37. The Bertz CT molecular complexity index is 1060. The highest BCUT2D eigenvalue weighted by atomic mass is 32.2. The molecule has 3 aromatic rings. The molecule has 3 heterocycles. The zero-order valence-corrected chi connectivity index (χ0v) is 15.5. The predicted octanol–water partition coefficient (Wildman–Crippen LogP) is 3.29. The molecule has 0 bridgehead atoms. The van der Waals surface area contributed by atoms with Crippen LogP contribution in [-0.2, 0) is 6.54 Å². The lowest BCUT2D eigenvalue weighted by atomic mass is 10.1. The van der Waals surface area contributed by atoms with Crippen molar-refractivity contribution in [3.8, 4) is 0 Å². The average Bonchev–Trinajstić information content (AvgIpc) is 3.14. The number of nitrogens with zero attached hydrogens (tertiary/aromatic N) is 2. The molecule has 6 nitrogen and oxygen atoms in total. The third kappa shape index (κ3) is 3.29. The van der Waals surface area contributed by atoms with Crippen LogP contribution < -0.4 is 10.6 Å². The topological polar surface area (TPSA) is 76.0 Å². The molecule has 2 aromatic heterocycles. The Morgan fingerprint density at radius 1 is 1.30 bits per heavy atom. The van der Waals surface area contributed by atoms with E-state index in [0.29, 0.717) is 23.5 Å². The summed E-state index contributed by atoms with van der Waals surface area (Å²) in [5.41, 5.74) is 2.70. The van der Waals surface area contributed by atoms with Gasteiger partial charge in [0.25, 0.3) is 11.8 Å². The lowest BCUT2D eigenvalue weighted by Gasteiger charge is -2.13. The number of amides is 2. The molecule has 2 amide bonds.